The van der Waals surface area contributed by atoms with Crippen LogP contribution >= 0.6 is 0 Å². The molecule has 3 atom stereocenters. The average molecular weight is 314 g/mol. The first-order valence-corrected chi connectivity index (χ1v) is 8.27. The van der Waals surface area contributed by atoms with Crippen molar-refractivity contribution in [2.24, 2.45) is 0 Å². The van der Waals surface area contributed by atoms with Crippen molar-refractivity contribution in [3.8, 4) is 0 Å². The second kappa shape index (κ2) is 6.83. The fraction of sp³-hybridized carbons (Fsp3) is 0.500. The molecular weight excluding hydrogens is 292 g/mol. The van der Waals surface area contributed by atoms with Crippen molar-refractivity contribution in [3.05, 3.63) is 54.2 Å². The van der Waals surface area contributed by atoms with Crippen molar-refractivity contribution in [1.82, 2.24) is 9.88 Å². The van der Waals surface area contributed by atoms with Crippen molar-refractivity contribution in [2.75, 3.05) is 13.2 Å². The van der Waals surface area contributed by atoms with Gasteiger partial charge in [0, 0.05) is 37.1 Å². The van der Waals surface area contributed by atoms with E-state index in [4.69, 9.17) is 13.9 Å². The lowest BCUT2D eigenvalue weighted by Crippen LogP contribution is -2.51. The highest BCUT2D eigenvalue weighted by molar-refractivity contribution is 5.08. The third kappa shape index (κ3) is 3.32. The Hall–Kier alpha value is -1.69. The van der Waals surface area contributed by atoms with Gasteiger partial charge in [-0.05, 0) is 30.5 Å². The largest absolute Gasteiger partial charge is 0.472 e. The molecule has 0 radical (unpaired) electrons. The molecule has 2 aromatic heterocycles. The van der Waals surface area contributed by atoms with Crippen molar-refractivity contribution in [2.45, 2.75) is 44.2 Å². The summed E-state index contributed by atoms with van der Waals surface area (Å²) in [5, 5.41) is 0. The van der Waals surface area contributed by atoms with Crippen LogP contribution in [0.15, 0.2) is 47.5 Å². The number of nitrogens with zero attached hydrogens (tertiary/aromatic N) is 2. The normalized spacial score (nSPS) is 27.9. The smallest absolute Gasteiger partial charge is 0.0992 e. The molecule has 0 spiro atoms. The number of morpholine rings is 1. The predicted octanol–water partition coefficient (Wildman–Crippen LogP) is 2.62. The second-order valence-corrected chi connectivity index (χ2v) is 6.29. The fourth-order valence-corrected chi connectivity index (χ4v) is 3.67. The van der Waals surface area contributed by atoms with E-state index >= 15 is 0 Å². The molecule has 1 aliphatic carbocycles. The van der Waals surface area contributed by atoms with Gasteiger partial charge >= 0.3 is 0 Å². The van der Waals surface area contributed by atoms with Gasteiger partial charge in [-0.3, -0.25) is 9.88 Å². The Morgan fingerprint density at radius 3 is 3.09 bits per heavy atom. The van der Waals surface area contributed by atoms with Gasteiger partial charge in [0.2, 0.25) is 0 Å². The summed E-state index contributed by atoms with van der Waals surface area (Å²) in [5.74, 6) is 0. The molecule has 0 amide bonds. The summed E-state index contributed by atoms with van der Waals surface area (Å²) in [7, 11) is 0. The molecule has 3 heterocycles. The molecule has 1 saturated carbocycles. The third-order valence-corrected chi connectivity index (χ3v) is 4.80. The maximum absolute atomic E-state index is 6.13. The molecule has 23 heavy (non-hydrogen) atoms. The molecule has 0 bridgehead atoms. The van der Waals surface area contributed by atoms with Gasteiger partial charge in [0.1, 0.15) is 0 Å². The lowest BCUT2D eigenvalue weighted by atomic mass is 10.1. The summed E-state index contributed by atoms with van der Waals surface area (Å²) in [5.41, 5.74) is 2.34. The fourth-order valence-electron chi connectivity index (χ4n) is 3.67. The van der Waals surface area contributed by atoms with Crippen LogP contribution in [0.1, 0.15) is 24.0 Å². The van der Waals surface area contributed by atoms with Gasteiger partial charge in [-0.2, -0.15) is 0 Å². The Morgan fingerprint density at radius 2 is 2.26 bits per heavy atom. The van der Waals surface area contributed by atoms with Gasteiger partial charge in [-0.15, -0.1) is 0 Å². The first-order valence-electron chi connectivity index (χ1n) is 8.27. The van der Waals surface area contributed by atoms with E-state index < -0.39 is 0 Å². The number of rotatable bonds is 5. The highest BCUT2D eigenvalue weighted by Gasteiger charge is 2.43. The SMILES string of the molecule is c1cncc(CO[C@@H]2CC[C@@H]3[C@@H]2OCCN3Cc2ccoc2)c1. The molecule has 2 aliphatic rings. The van der Waals surface area contributed by atoms with Gasteiger partial charge in [-0.25, -0.2) is 0 Å². The first kappa shape index (κ1) is 14.9. The number of fused-ring (bicyclic) bond motifs is 1. The van der Waals surface area contributed by atoms with E-state index in [9.17, 15) is 0 Å². The molecule has 122 valence electrons. The zero-order chi connectivity index (χ0) is 15.5. The Balaban J connectivity index is 1.37. The van der Waals surface area contributed by atoms with Crippen LogP contribution in [0.5, 0.6) is 0 Å². The van der Waals surface area contributed by atoms with Gasteiger partial charge < -0.3 is 13.9 Å². The lowest BCUT2D eigenvalue weighted by Gasteiger charge is -2.38. The Labute approximate surface area is 136 Å². The quantitative estimate of drug-likeness (QED) is 0.849. The summed E-state index contributed by atoms with van der Waals surface area (Å²) in [4.78, 5) is 6.64. The molecular formula is C18H22N2O3. The van der Waals surface area contributed by atoms with Gasteiger partial charge in [0.25, 0.3) is 0 Å². The Morgan fingerprint density at radius 1 is 1.26 bits per heavy atom. The van der Waals surface area contributed by atoms with Crippen molar-refractivity contribution >= 4 is 0 Å². The van der Waals surface area contributed by atoms with Crippen LogP contribution < -0.4 is 0 Å². The molecule has 0 N–H and O–H groups in total. The standard InChI is InChI=1S/C18H22N2O3/c1-2-14(10-19-6-1)13-23-17-4-3-16-18(17)22-9-7-20(16)11-15-5-8-21-12-15/h1-2,5-6,8,10,12,16-18H,3-4,7,9,11,13H2/t16-,17-,18+/m1/s1. The van der Waals surface area contributed by atoms with Crippen molar-refractivity contribution in [1.29, 1.82) is 0 Å². The predicted molar refractivity (Wildman–Crippen MR) is 84.7 cm³/mol. The van der Waals surface area contributed by atoms with Crippen LogP contribution in [0, 0.1) is 0 Å². The van der Waals surface area contributed by atoms with E-state index in [1.54, 1.807) is 12.5 Å². The summed E-state index contributed by atoms with van der Waals surface area (Å²) in [6.07, 6.45) is 9.74. The van der Waals surface area contributed by atoms with E-state index in [2.05, 4.69) is 9.88 Å². The van der Waals surface area contributed by atoms with Gasteiger partial charge in [-0.1, -0.05) is 6.07 Å². The van der Waals surface area contributed by atoms with E-state index in [0.717, 1.165) is 38.1 Å². The number of furan rings is 1. The minimum absolute atomic E-state index is 0.173. The Bertz CT molecular complexity index is 602. The molecule has 1 saturated heterocycles. The number of ether oxygens (including phenoxy) is 2. The minimum atomic E-state index is 0.173. The van der Waals surface area contributed by atoms with Crippen molar-refractivity contribution < 1.29 is 13.9 Å². The van der Waals surface area contributed by atoms with Crippen LogP contribution in [-0.2, 0) is 22.6 Å². The number of aromatic nitrogens is 1. The van der Waals surface area contributed by atoms with Crippen molar-refractivity contribution in [3.63, 3.8) is 0 Å². The maximum Gasteiger partial charge on any atom is 0.0992 e. The van der Waals surface area contributed by atoms with Crippen LogP contribution in [0.25, 0.3) is 0 Å². The summed E-state index contributed by atoms with van der Waals surface area (Å²) >= 11 is 0. The summed E-state index contributed by atoms with van der Waals surface area (Å²) in [6.45, 7) is 3.27. The molecule has 0 aromatic carbocycles. The highest BCUT2D eigenvalue weighted by atomic mass is 16.5. The topological polar surface area (TPSA) is 47.7 Å². The monoisotopic (exact) mass is 314 g/mol. The van der Waals surface area contributed by atoms with Gasteiger partial charge in [0.05, 0.1) is 37.9 Å². The summed E-state index contributed by atoms with van der Waals surface area (Å²) < 4.78 is 17.4. The summed E-state index contributed by atoms with van der Waals surface area (Å²) in [6, 6.07) is 6.47. The average Bonchev–Trinajstić information content (AvgIpc) is 3.24. The zero-order valence-electron chi connectivity index (χ0n) is 13.1. The van der Waals surface area contributed by atoms with E-state index in [1.807, 2.05) is 30.7 Å². The highest BCUT2D eigenvalue weighted by Crippen LogP contribution is 2.33. The maximum atomic E-state index is 6.13. The molecule has 2 aromatic rings. The van der Waals surface area contributed by atoms with Crippen LogP contribution in [0.2, 0.25) is 0 Å². The molecule has 5 nitrogen and oxygen atoms in total. The molecule has 5 heteroatoms. The molecule has 2 fully saturated rings. The number of hydrogen-bond acceptors (Lipinski definition) is 5. The van der Waals surface area contributed by atoms with E-state index in [-0.39, 0.29) is 12.2 Å². The zero-order valence-corrected chi connectivity index (χ0v) is 13.1. The van der Waals surface area contributed by atoms with E-state index in [0.29, 0.717) is 12.6 Å². The van der Waals surface area contributed by atoms with Crippen LogP contribution in [-0.4, -0.2) is 41.3 Å². The number of hydrogen-bond donors (Lipinski definition) is 0. The minimum Gasteiger partial charge on any atom is -0.472 e. The first-order chi connectivity index (χ1) is 11.4. The Kier molecular flexibility index (Phi) is 4.41. The molecule has 1 aliphatic heterocycles. The van der Waals surface area contributed by atoms with Gasteiger partial charge in [0.15, 0.2) is 0 Å². The molecule has 4 rings (SSSR count). The van der Waals surface area contributed by atoms with Crippen LogP contribution in [0.3, 0.4) is 0 Å². The molecule has 0 unspecified atom stereocenters. The van der Waals surface area contributed by atoms with Crippen LogP contribution in [0.4, 0.5) is 0 Å². The second-order valence-electron chi connectivity index (χ2n) is 6.29. The lowest BCUT2D eigenvalue weighted by molar-refractivity contribution is -0.118. The van der Waals surface area contributed by atoms with E-state index in [1.165, 1.54) is 5.56 Å². The third-order valence-electron chi connectivity index (χ3n) is 4.80. The number of pyridine rings is 1.